The highest BCUT2D eigenvalue weighted by atomic mass is 16.1. The summed E-state index contributed by atoms with van der Waals surface area (Å²) >= 11 is 0. The minimum Gasteiger partial charge on any atom is -0.347 e. The number of aromatic nitrogens is 3. The van der Waals surface area contributed by atoms with E-state index in [1.807, 2.05) is 60.9 Å². The Labute approximate surface area is 196 Å². The Kier molecular flexibility index (Phi) is 7.23. The van der Waals surface area contributed by atoms with Crippen LogP contribution in [-0.2, 0) is 23.2 Å². The van der Waals surface area contributed by atoms with Crippen molar-refractivity contribution in [3.8, 4) is 0 Å². The summed E-state index contributed by atoms with van der Waals surface area (Å²) < 4.78 is 0. The Morgan fingerprint density at radius 1 is 1.12 bits per heavy atom. The minimum absolute atomic E-state index is 0.0486. The number of likely N-dealkylation sites (tertiary alicyclic amines) is 1. The fraction of sp³-hybridized carbons (Fsp3) is 0.444. The average molecular weight is 446 g/mol. The van der Waals surface area contributed by atoms with Gasteiger partial charge in [0, 0.05) is 29.4 Å². The summed E-state index contributed by atoms with van der Waals surface area (Å²) in [6.07, 6.45) is 6.21. The maximum absolute atomic E-state index is 12.9. The third kappa shape index (κ3) is 6.08. The van der Waals surface area contributed by atoms with Crippen molar-refractivity contribution < 1.29 is 4.79 Å². The van der Waals surface area contributed by atoms with Crippen LogP contribution in [0.5, 0.6) is 0 Å². The second kappa shape index (κ2) is 10.3. The minimum atomic E-state index is -0.0661. The molecule has 2 N–H and O–H groups in total. The van der Waals surface area contributed by atoms with E-state index in [0.29, 0.717) is 12.3 Å². The van der Waals surface area contributed by atoms with Gasteiger partial charge in [0.15, 0.2) is 0 Å². The number of hydrogen-bond acceptors (Lipinski definition) is 4. The van der Waals surface area contributed by atoms with Crippen molar-refractivity contribution >= 4 is 5.91 Å². The molecule has 0 saturated carbocycles. The highest BCUT2D eigenvalue weighted by molar-refractivity contribution is 5.79. The van der Waals surface area contributed by atoms with Gasteiger partial charge in [-0.25, -0.2) is 0 Å². The zero-order valence-electron chi connectivity index (χ0n) is 19.9. The zero-order valence-corrected chi connectivity index (χ0v) is 19.9. The lowest BCUT2D eigenvalue weighted by molar-refractivity contribution is -0.121. The Hall–Kier alpha value is -2.99. The first kappa shape index (κ1) is 23.2. The van der Waals surface area contributed by atoms with Crippen LogP contribution >= 0.6 is 0 Å². The largest absolute Gasteiger partial charge is 0.347 e. The van der Waals surface area contributed by atoms with Gasteiger partial charge in [-0.1, -0.05) is 57.2 Å². The maximum atomic E-state index is 12.9. The van der Waals surface area contributed by atoms with Crippen molar-refractivity contribution in [2.75, 3.05) is 13.1 Å². The molecule has 0 aliphatic carbocycles. The lowest BCUT2D eigenvalue weighted by Gasteiger charge is -2.36. The second-order valence-electron chi connectivity index (χ2n) is 10.1. The van der Waals surface area contributed by atoms with Crippen molar-refractivity contribution in [1.29, 1.82) is 0 Å². The van der Waals surface area contributed by atoms with E-state index in [9.17, 15) is 4.79 Å². The number of benzene rings is 1. The molecule has 0 radical (unpaired) electrons. The third-order valence-corrected chi connectivity index (χ3v) is 6.50. The van der Waals surface area contributed by atoms with E-state index >= 15 is 0 Å². The van der Waals surface area contributed by atoms with E-state index in [1.165, 1.54) is 11.3 Å². The molecular weight excluding hydrogens is 410 g/mol. The molecule has 1 saturated heterocycles. The van der Waals surface area contributed by atoms with E-state index in [1.54, 1.807) is 0 Å². The summed E-state index contributed by atoms with van der Waals surface area (Å²) in [5, 5.41) is 10.8. The normalized spacial score (nSPS) is 16.5. The number of nitrogens with zero attached hydrogens (tertiary/aromatic N) is 3. The van der Waals surface area contributed by atoms with Gasteiger partial charge in [0.05, 0.1) is 24.4 Å². The number of aromatic amines is 1. The van der Waals surface area contributed by atoms with E-state index in [-0.39, 0.29) is 17.4 Å². The van der Waals surface area contributed by atoms with Gasteiger partial charge in [-0.2, -0.15) is 5.10 Å². The fourth-order valence-electron chi connectivity index (χ4n) is 4.76. The van der Waals surface area contributed by atoms with Crippen LogP contribution in [0.3, 0.4) is 0 Å². The summed E-state index contributed by atoms with van der Waals surface area (Å²) in [6, 6.07) is 15.8. The van der Waals surface area contributed by atoms with Crippen molar-refractivity contribution in [2.45, 2.75) is 58.0 Å². The van der Waals surface area contributed by atoms with Gasteiger partial charge in [0.2, 0.25) is 5.91 Å². The van der Waals surface area contributed by atoms with Gasteiger partial charge in [-0.15, -0.1) is 0 Å². The summed E-state index contributed by atoms with van der Waals surface area (Å²) in [6.45, 7) is 9.54. The molecule has 4 rings (SSSR count). The van der Waals surface area contributed by atoms with Crippen LogP contribution in [0.15, 0.2) is 60.9 Å². The Bertz CT molecular complexity index is 1020. The fourth-order valence-corrected chi connectivity index (χ4v) is 4.76. The van der Waals surface area contributed by atoms with Gasteiger partial charge in [0.1, 0.15) is 0 Å². The molecule has 6 nitrogen and oxygen atoms in total. The highest BCUT2D eigenvalue weighted by Crippen LogP contribution is 2.31. The number of carbonyl (C=O) groups excluding carboxylic acids is 1. The van der Waals surface area contributed by atoms with Gasteiger partial charge in [-0.05, 0) is 49.5 Å². The smallest absolute Gasteiger partial charge is 0.224 e. The van der Waals surface area contributed by atoms with Gasteiger partial charge in [-0.3, -0.25) is 19.8 Å². The third-order valence-electron chi connectivity index (χ3n) is 6.50. The number of nitrogens with one attached hydrogen (secondary N) is 2. The first-order valence-corrected chi connectivity index (χ1v) is 11.9. The summed E-state index contributed by atoms with van der Waals surface area (Å²) in [4.78, 5) is 20.0. The predicted molar refractivity (Wildman–Crippen MR) is 131 cm³/mol. The molecule has 1 aliphatic rings. The first-order chi connectivity index (χ1) is 15.9. The van der Waals surface area contributed by atoms with Crippen LogP contribution in [-0.4, -0.2) is 39.1 Å². The van der Waals surface area contributed by atoms with Crippen molar-refractivity contribution in [1.82, 2.24) is 25.4 Å². The Morgan fingerprint density at radius 2 is 1.85 bits per heavy atom. The topological polar surface area (TPSA) is 73.9 Å². The van der Waals surface area contributed by atoms with Crippen LogP contribution in [0.1, 0.15) is 62.2 Å². The molecule has 33 heavy (non-hydrogen) atoms. The van der Waals surface area contributed by atoms with Crippen LogP contribution in [0.4, 0.5) is 0 Å². The molecule has 0 spiro atoms. The lowest BCUT2D eigenvalue weighted by Crippen LogP contribution is -2.41. The number of pyridine rings is 1. The number of rotatable bonds is 7. The number of H-pyrrole nitrogens is 1. The Balaban J connectivity index is 1.40. The van der Waals surface area contributed by atoms with Gasteiger partial charge < -0.3 is 5.32 Å². The molecule has 1 fully saturated rings. The van der Waals surface area contributed by atoms with Crippen molar-refractivity contribution in [3.63, 3.8) is 0 Å². The second-order valence-corrected chi connectivity index (χ2v) is 10.1. The molecule has 3 aromatic rings. The van der Waals surface area contributed by atoms with E-state index < -0.39 is 0 Å². The summed E-state index contributed by atoms with van der Waals surface area (Å²) in [5.41, 5.74) is 4.51. The molecule has 1 amide bonds. The standard InChI is InChI=1S/C27H35N5O/c1-27(2,3)26-22(18-29-31-26)19-32-15-12-21(13-16-32)25(23-11-7-8-14-28-23)30-24(33)17-20-9-5-4-6-10-20/h4-11,14,18,21,25H,12-13,15-17,19H2,1-3H3,(H,29,31)(H,30,33)/t25-/m0/s1. The van der Waals surface area contributed by atoms with Crippen LogP contribution < -0.4 is 5.32 Å². The van der Waals surface area contributed by atoms with Crippen LogP contribution in [0.25, 0.3) is 0 Å². The number of carbonyl (C=O) groups is 1. The number of amides is 1. The van der Waals surface area contributed by atoms with Crippen LogP contribution in [0, 0.1) is 5.92 Å². The molecular formula is C27H35N5O. The van der Waals surface area contributed by atoms with Crippen molar-refractivity contribution in [2.24, 2.45) is 5.92 Å². The van der Waals surface area contributed by atoms with Crippen molar-refractivity contribution in [3.05, 3.63) is 83.4 Å². The molecule has 3 heterocycles. The SMILES string of the molecule is CC(C)(C)c1[nH]ncc1CN1CCC([C@H](NC(=O)Cc2ccccc2)c2ccccn2)CC1. The first-order valence-electron chi connectivity index (χ1n) is 11.9. The van der Waals surface area contributed by atoms with E-state index in [2.05, 4.69) is 46.2 Å². The van der Waals surface area contributed by atoms with Gasteiger partial charge in [0.25, 0.3) is 0 Å². The quantitative estimate of drug-likeness (QED) is 0.565. The molecule has 1 aliphatic heterocycles. The Morgan fingerprint density at radius 3 is 2.52 bits per heavy atom. The molecule has 2 aromatic heterocycles. The highest BCUT2D eigenvalue weighted by Gasteiger charge is 2.30. The predicted octanol–water partition coefficient (Wildman–Crippen LogP) is 4.41. The molecule has 6 heteroatoms. The van der Waals surface area contributed by atoms with Crippen LogP contribution in [0.2, 0.25) is 0 Å². The molecule has 174 valence electrons. The zero-order chi connectivity index (χ0) is 23.3. The molecule has 0 bridgehead atoms. The monoisotopic (exact) mass is 445 g/mol. The number of piperidine rings is 1. The van der Waals surface area contributed by atoms with E-state index in [4.69, 9.17) is 0 Å². The van der Waals surface area contributed by atoms with Gasteiger partial charge >= 0.3 is 0 Å². The number of hydrogen-bond donors (Lipinski definition) is 2. The molecule has 0 unspecified atom stereocenters. The summed E-state index contributed by atoms with van der Waals surface area (Å²) in [7, 11) is 0. The molecule has 1 atom stereocenters. The lowest BCUT2D eigenvalue weighted by atomic mass is 9.86. The average Bonchev–Trinajstić information content (AvgIpc) is 3.28. The molecule has 1 aromatic carbocycles. The summed E-state index contributed by atoms with van der Waals surface area (Å²) in [5.74, 6) is 0.412. The maximum Gasteiger partial charge on any atom is 0.224 e. The van der Waals surface area contributed by atoms with E-state index in [0.717, 1.165) is 43.7 Å².